The van der Waals surface area contributed by atoms with Crippen molar-refractivity contribution < 1.29 is 14.3 Å². The lowest BCUT2D eigenvalue weighted by molar-refractivity contribution is 0.0695. The summed E-state index contributed by atoms with van der Waals surface area (Å²) in [5.74, 6) is -1.60. The van der Waals surface area contributed by atoms with Gasteiger partial charge in [0.1, 0.15) is 11.2 Å². The van der Waals surface area contributed by atoms with E-state index in [1.54, 1.807) is 4.57 Å². The number of carboxylic acid groups (broad SMARTS) is 1. The van der Waals surface area contributed by atoms with E-state index < -0.39 is 17.2 Å². The monoisotopic (exact) mass is 451 g/mol. The molecule has 2 fully saturated rings. The molecule has 5 N–H and O–H groups in total. The van der Waals surface area contributed by atoms with Gasteiger partial charge in [-0.05, 0) is 42.5 Å². The molecule has 1 aliphatic carbocycles. The first-order valence-corrected chi connectivity index (χ1v) is 11.1. The molecule has 0 amide bonds. The minimum atomic E-state index is -1.33. The normalized spacial score (nSPS) is 20.5. The standard InChI is InChI=1S/C24H26FN5O3/c25-20-7-17-21(31)19(24(32)33)12-30(16-4-5-16)22(17)28-23(20)29-10-15(9-27)18(11-29)14-3-1-2-13(6-14)8-26/h1-3,6-7,12,15-16,18H,4-5,8-11,26-27H2,(H,32,33)/t15-,18+/m1/s1. The van der Waals surface area contributed by atoms with Crippen molar-refractivity contribution in [1.82, 2.24) is 9.55 Å². The number of benzene rings is 1. The van der Waals surface area contributed by atoms with Crippen LogP contribution >= 0.6 is 0 Å². The number of halogens is 1. The van der Waals surface area contributed by atoms with Crippen molar-refractivity contribution in [3.63, 3.8) is 0 Å². The highest BCUT2D eigenvalue weighted by molar-refractivity contribution is 5.92. The maximum atomic E-state index is 15.3. The zero-order chi connectivity index (χ0) is 23.3. The number of fused-ring (bicyclic) bond motifs is 1. The van der Waals surface area contributed by atoms with Gasteiger partial charge in [-0.15, -0.1) is 0 Å². The van der Waals surface area contributed by atoms with Gasteiger partial charge in [0.2, 0.25) is 5.43 Å². The number of carboxylic acids is 1. The number of nitrogens with two attached hydrogens (primary N) is 2. The molecule has 5 rings (SSSR count). The van der Waals surface area contributed by atoms with Crippen LogP contribution in [-0.2, 0) is 6.54 Å². The third-order valence-corrected chi connectivity index (χ3v) is 6.77. The molecule has 0 unspecified atom stereocenters. The lowest BCUT2D eigenvalue weighted by Gasteiger charge is -2.20. The Labute approximate surface area is 189 Å². The number of anilines is 1. The van der Waals surface area contributed by atoms with Crippen LogP contribution < -0.4 is 21.8 Å². The smallest absolute Gasteiger partial charge is 0.341 e. The van der Waals surface area contributed by atoms with Crippen molar-refractivity contribution in [2.75, 3.05) is 24.5 Å². The van der Waals surface area contributed by atoms with E-state index >= 15 is 4.39 Å². The van der Waals surface area contributed by atoms with Crippen molar-refractivity contribution in [3.05, 3.63) is 69.3 Å². The molecule has 0 bridgehead atoms. The van der Waals surface area contributed by atoms with E-state index in [4.69, 9.17) is 11.5 Å². The maximum Gasteiger partial charge on any atom is 0.341 e. The molecule has 2 atom stereocenters. The van der Waals surface area contributed by atoms with Crippen molar-refractivity contribution in [3.8, 4) is 0 Å². The Morgan fingerprint density at radius 3 is 2.67 bits per heavy atom. The fraction of sp³-hybridized carbons (Fsp3) is 0.375. The van der Waals surface area contributed by atoms with Crippen molar-refractivity contribution >= 4 is 22.8 Å². The molecule has 2 aliphatic rings. The van der Waals surface area contributed by atoms with Gasteiger partial charge in [-0.3, -0.25) is 4.79 Å². The second-order valence-electron chi connectivity index (χ2n) is 8.94. The number of nitrogens with zero attached hydrogens (tertiary/aromatic N) is 3. The van der Waals surface area contributed by atoms with Crippen LogP contribution in [0.5, 0.6) is 0 Å². The molecule has 33 heavy (non-hydrogen) atoms. The molecule has 172 valence electrons. The number of hydrogen-bond donors (Lipinski definition) is 3. The summed E-state index contributed by atoms with van der Waals surface area (Å²) in [5.41, 5.74) is 13.2. The SMILES string of the molecule is NCc1cccc([C@@H]2CN(c3nc4c(cc3F)c(=O)c(C(=O)O)cn4C3CC3)C[C@H]2CN)c1. The Kier molecular flexibility index (Phi) is 5.38. The van der Waals surface area contributed by atoms with Crippen LogP contribution in [0.15, 0.2) is 41.3 Å². The molecule has 2 aromatic heterocycles. The Bertz CT molecular complexity index is 1300. The Balaban J connectivity index is 1.58. The van der Waals surface area contributed by atoms with Gasteiger partial charge in [0.25, 0.3) is 0 Å². The molecular formula is C24H26FN5O3. The van der Waals surface area contributed by atoms with Gasteiger partial charge in [-0.25, -0.2) is 14.2 Å². The van der Waals surface area contributed by atoms with E-state index in [-0.39, 0.29) is 34.6 Å². The first-order valence-electron chi connectivity index (χ1n) is 11.1. The minimum absolute atomic E-state index is 0.00943. The summed E-state index contributed by atoms with van der Waals surface area (Å²) in [4.78, 5) is 30.7. The highest BCUT2D eigenvalue weighted by atomic mass is 19.1. The maximum absolute atomic E-state index is 15.3. The van der Waals surface area contributed by atoms with Crippen LogP contribution in [0, 0.1) is 11.7 Å². The average molecular weight is 452 g/mol. The molecule has 0 radical (unpaired) electrons. The Morgan fingerprint density at radius 1 is 1.21 bits per heavy atom. The van der Waals surface area contributed by atoms with E-state index in [1.165, 1.54) is 6.20 Å². The summed E-state index contributed by atoms with van der Waals surface area (Å²) in [6.45, 7) is 1.95. The zero-order valence-corrected chi connectivity index (χ0v) is 18.1. The molecule has 3 aromatic rings. The van der Waals surface area contributed by atoms with Crippen LogP contribution in [0.4, 0.5) is 10.2 Å². The molecule has 0 spiro atoms. The molecule has 1 saturated carbocycles. The van der Waals surface area contributed by atoms with Gasteiger partial charge in [0.15, 0.2) is 11.6 Å². The van der Waals surface area contributed by atoms with Gasteiger partial charge in [0.05, 0.1) is 5.39 Å². The summed E-state index contributed by atoms with van der Waals surface area (Å²) >= 11 is 0. The van der Waals surface area contributed by atoms with Gasteiger partial charge >= 0.3 is 5.97 Å². The number of pyridine rings is 2. The predicted molar refractivity (Wildman–Crippen MR) is 123 cm³/mol. The number of rotatable bonds is 6. The Hall–Kier alpha value is -3.30. The lowest BCUT2D eigenvalue weighted by Crippen LogP contribution is -2.26. The quantitative estimate of drug-likeness (QED) is 0.524. The fourth-order valence-corrected chi connectivity index (χ4v) is 4.85. The molecule has 3 heterocycles. The van der Waals surface area contributed by atoms with Gasteiger partial charge in [-0.2, -0.15) is 0 Å². The van der Waals surface area contributed by atoms with Crippen LogP contribution in [0.25, 0.3) is 11.0 Å². The highest BCUT2D eigenvalue weighted by Crippen LogP contribution is 2.39. The van der Waals surface area contributed by atoms with E-state index in [0.717, 1.165) is 30.0 Å². The summed E-state index contributed by atoms with van der Waals surface area (Å²) in [7, 11) is 0. The van der Waals surface area contributed by atoms with Crippen molar-refractivity contribution in [2.45, 2.75) is 31.3 Å². The zero-order valence-electron chi connectivity index (χ0n) is 18.1. The van der Waals surface area contributed by atoms with E-state index in [2.05, 4.69) is 11.1 Å². The Morgan fingerprint density at radius 2 is 2.00 bits per heavy atom. The second-order valence-corrected chi connectivity index (χ2v) is 8.94. The van der Waals surface area contributed by atoms with Crippen LogP contribution in [0.3, 0.4) is 0 Å². The third kappa shape index (κ3) is 3.77. The second kappa shape index (κ2) is 8.24. The van der Waals surface area contributed by atoms with Crippen molar-refractivity contribution in [2.24, 2.45) is 17.4 Å². The van der Waals surface area contributed by atoms with Crippen molar-refractivity contribution in [1.29, 1.82) is 0 Å². The van der Waals surface area contributed by atoms with Gasteiger partial charge in [-0.1, -0.05) is 24.3 Å². The number of aromatic nitrogens is 2. The largest absolute Gasteiger partial charge is 0.477 e. The first kappa shape index (κ1) is 21.5. The lowest BCUT2D eigenvalue weighted by atomic mass is 9.88. The first-order chi connectivity index (χ1) is 15.9. The number of hydrogen-bond acceptors (Lipinski definition) is 6. The molecule has 1 saturated heterocycles. The predicted octanol–water partition coefficient (Wildman–Crippen LogP) is 2.21. The van der Waals surface area contributed by atoms with E-state index in [9.17, 15) is 14.7 Å². The molecular weight excluding hydrogens is 425 g/mol. The summed E-state index contributed by atoms with van der Waals surface area (Å²) in [5, 5.41) is 9.41. The fourth-order valence-electron chi connectivity index (χ4n) is 4.85. The van der Waals surface area contributed by atoms with Gasteiger partial charge < -0.3 is 26.0 Å². The molecule has 9 heteroatoms. The minimum Gasteiger partial charge on any atom is -0.477 e. The van der Waals surface area contributed by atoms with E-state index in [1.807, 2.05) is 23.1 Å². The van der Waals surface area contributed by atoms with Gasteiger partial charge in [0, 0.05) is 37.8 Å². The molecule has 8 nitrogen and oxygen atoms in total. The third-order valence-electron chi connectivity index (χ3n) is 6.77. The van der Waals surface area contributed by atoms with Crippen LogP contribution in [0.1, 0.15) is 46.3 Å². The highest BCUT2D eigenvalue weighted by Gasteiger charge is 2.36. The summed E-state index contributed by atoms with van der Waals surface area (Å²) in [6.07, 6.45) is 3.07. The van der Waals surface area contributed by atoms with E-state index in [0.29, 0.717) is 31.8 Å². The van der Waals surface area contributed by atoms with Crippen LogP contribution in [-0.4, -0.2) is 40.3 Å². The summed E-state index contributed by atoms with van der Waals surface area (Å²) < 4.78 is 17.0. The number of aromatic carboxylic acids is 1. The molecule has 1 aliphatic heterocycles. The van der Waals surface area contributed by atoms with Crippen LogP contribution in [0.2, 0.25) is 0 Å². The average Bonchev–Trinajstić information content (AvgIpc) is 3.57. The molecule has 1 aromatic carbocycles. The topological polar surface area (TPSA) is 127 Å². The summed E-state index contributed by atoms with van der Waals surface area (Å²) in [6, 6.07) is 9.25. The number of carbonyl (C=O) groups is 1.